The minimum atomic E-state index is -4.05. The van der Waals surface area contributed by atoms with Crippen molar-refractivity contribution in [3.8, 4) is 0 Å². The second kappa shape index (κ2) is 4.77. The Kier molecular flexibility index (Phi) is 4.22. The number of hydrogen-bond acceptors (Lipinski definition) is 10. The summed E-state index contributed by atoms with van der Waals surface area (Å²) in [5.74, 6) is 0. The molecule has 0 aromatic carbocycles. The van der Waals surface area contributed by atoms with Crippen LogP contribution in [-0.4, -0.2) is 65.7 Å². The van der Waals surface area contributed by atoms with Crippen LogP contribution in [-0.2, 0) is 9.13 Å². The first-order valence-electron chi connectivity index (χ1n) is 4.48. The lowest BCUT2D eigenvalue weighted by atomic mass is 9.83. The molecule has 0 aromatic heterocycles. The first-order chi connectivity index (χ1) is 8.02. The van der Waals surface area contributed by atoms with Crippen molar-refractivity contribution in [3.05, 3.63) is 0 Å². The summed E-state index contributed by atoms with van der Waals surface area (Å²) in [6, 6.07) is 0. The van der Waals surface area contributed by atoms with Gasteiger partial charge in [0.1, 0.15) is 6.10 Å². The van der Waals surface area contributed by atoms with Crippen molar-refractivity contribution in [2.75, 3.05) is 0 Å². The van der Waals surface area contributed by atoms with Gasteiger partial charge in [0, 0.05) is 0 Å². The highest BCUT2D eigenvalue weighted by Crippen LogP contribution is 2.52. The van der Waals surface area contributed by atoms with E-state index in [4.69, 9.17) is 0 Å². The molecule has 1 fully saturated rings. The SMILES string of the molecule is O=[P+]([O-])[C@]1(O)C(O)[C@@](O)([P+](=O)[O-])[C@@H](O)C(O)[C@H]1O. The van der Waals surface area contributed by atoms with Gasteiger partial charge in [-0.05, 0) is 0 Å². The lowest BCUT2D eigenvalue weighted by Crippen LogP contribution is -2.74. The molecule has 0 radical (unpaired) electrons. The summed E-state index contributed by atoms with van der Waals surface area (Å²) in [7, 11) is -8.10. The van der Waals surface area contributed by atoms with Crippen LogP contribution in [0.15, 0.2) is 0 Å². The van der Waals surface area contributed by atoms with E-state index in [1.54, 1.807) is 0 Å². The summed E-state index contributed by atoms with van der Waals surface area (Å²) in [6.45, 7) is 0. The lowest BCUT2D eigenvalue weighted by Gasteiger charge is -2.44. The predicted octanol–water partition coefficient (Wildman–Crippen LogP) is -4.97. The van der Waals surface area contributed by atoms with Crippen molar-refractivity contribution >= 4 is 16.1 Å². The minimum absolute atomic E-state index is 2.50. The molecule has 0 amide bonds. The molecular formula is C6H10O10P2. The Balaban J connectivity index is 3.43. The van der Waals surface area contributed by atoms with E-state index in [1.165, 1.54) is 0 Å². The molecule has 12 heteroatoms. The number of hydrogen-bond donors (Lipinski definition) is 6. The average Bonchev–Trinajstić information content (AvgIpc) is 2.30. The van der Waals surface area contributed by atoms with Crippen molar-refractivity contribution in [3.63, 3.8) is 0 Å². The third-order valence-corrected chi connectivity index (χ3v) is 5.10. The summed E-state index contributed by atoms with van der Waals surface area (Å²) in [5, 5.41) is 49.4. The maximum absolute atomic E-state index is 10.8. The standard InChI is InChI=1S/C6H10O10P2/c7-1-2(8)5(11,17(13)14)4(10)6(12,3(1)9)18(15)16/h1-4,7-12H/t1?,2-,3+,4?,5-,6-/m0/s1. The van der Waals surface area contributed by atoms with Crippen molar-refractivity contribution in [2.24, 2.45) is 0 Å². The maximum atomic E-state index is 10.8. The molecule has 1 aliphatic carbocycles. The molecule has 4 unspecified atom stereocenters. The molecule has 0 aliphatic heterocycles. The van der Waals surface area contributed by atoms with Gasteiger partial charge in [0.05, 0.1) is 0 Å². The van der Waals surface area contributed by atoms with E-state index >= 15 is 0 Å². The highest BCUT2D eigenvalue weighted by atomic mass is 31.1. The Bertz CT molecular complexity index is 355. The number of aliphatic hydroxyl groups is 6. The third kappa shape index (κ3) is 1.83. The van der Waals surface area contributed by atoms with Crippen LogP contribution in [0, 0.1) is 0 Å². The van der Waals surface area contributed by atoms with Crippen LogP contribution in [0.1, 0.15) is 0 Å². The molecule has 10 nitrogen and oxygen atoms in total. The third-order valence-electron chi connectivity index (χ3n) is 2.91. The van der Waals surface area contributed by atoms with Gasteiger partial charge in [-0.3, -0.25) is 0 Å². The van der Waals surface area contributed by atoms with Crippen LogP contribution in [0.5, 0.6) is 0 Å². The summed E-state index contributed by atoms with van der Waals surface area (Å²) in [4.78, 5) is 21.7. The van der Waals surface area contributed by atoms with E-state index in [9.17, 15) is 49.6 Å². The smallest absolute Gasteiger partial charge is 0.350 e. The molecule has 0 saturated heterocycles. The van der Waals surface area contributed by atoms with E-state index in [-0.39, 0.29) is 0 Å². The zero-order chi connectivity index (χ0) is 14.5. The van der Waals surface area contributed by atoms with Crippen LogP contribution in [0.2, 0.25) is 0 Å². The van der Waals surface area contributed by atoms with Gasteiger partial charge in [-0.1, -0.05) is 9.13 Å². The Morgan fingerprint density at radius 2 is 1.11 bits per heavy atom. The molecule has 0 heterocycles. The summed E-state index contributed by atoms with van der Waals surface area (Å²) in [5.41, 5.74) is 0. The van der Waals surface area contributed by atoms with Crippen molar-refractivity contribution < 1.29 is 49.6 Å². The minimum Gasteiger partial charge on any atom is -0.593 e. The molecule has 18 heavy (non-hydrogen) atoms. The van der Waals surface area contributed by atoms with Crippen molar-refractivity contribution in [1.29, 1.82) is 0 Å². The molecule has 0 aromatic rings. The molecule has 1 saturated carbocycles. The van der Waals surface area contributed by atoms with Gasteiger partial charge in [-0.15, -0.1) is 0 Å². The molecule has 0 spiro atoms. The average molecular weight is 304 g/mol. The Labute approximate surface area is 101 Å². The molecular weight excluding hydrogens is 294 g/mol. The van der Waals surface area contributed by atoms with Crippen molar-refractivity contribution in [1.82, 2.24) is 0 Å². The van der Waals surface area contributed by atoms with Gasteiger partial charge in [0.2, 0.25) is 6.10 Å². The summed E-state index contributed by atoms with van der Waals surface area (Å²) < 4.78 is 21.7. The van der Waals surface area contributed by atoms with Gasteiger partial charge in [0.15, 0.2) is 12.2 Å². The topological polar surface area (TPSA) is 202 Å². The van der Waals surface area contributed by atoms with Crippen LogP contribution in [0.25, 0.3) is 0 Å². The molecule has 8 atom stereocenters. The predicted molar refractivity (Wildman–Crippen MR) is 49.1 cm³/mol. The van der Waals surface area contributed by atoms with Crippen LogP contribution >= 0.6 is 16.1 Å². The quantitative estimate of drug-likeness (QED) is 0.268. The normalized spacial score (nSPS) is 50.9. The second-order valence-electron chi connectivity index (χ2n) is 3.86. The fourth-order valence-corrected chi connectivity index (χ4v) is 3.36. The van der Waals surface area contributed by atoms with E-state index in [0.29, 0.717) is 0 Å². The Morgan fingerprint density at radius 1 is 0.833 bits per heavy atom. The Hall–Kier alpha value is -0.120. The molecule has 1 aliphatic rings. The molecule has 0 bridgehead atoms. The first kappa shape index (κ1) is 15.9. The van der Waals surface area contributed by atoms with E-state index in [1.807, 2.05) is 0 Å². The number of rotatable bonds is 2. The molecule has 1 rings (SSSR count). The second-order valence-corrected chi connectivity index (χ2v) is 6.32. The van der Waals surface area contributed by atoms with Gasteiger partial charge < -0.3 is 40.4 Å². The van der Waals surface area contributed by atoms with Crippen LogP contribution < -0.4 is 9.79 Å². The van der Waals surface area contributed by atoms with Crippen LogP contribution in [0.4, 0.5) is 0 Å². The van der Waals surface area contributed by atoms with E-state index in [2.05, 4.69) is 0 Å². The molecule has 104 valence electrons. The van der Waals surface area contributed by atoms with Gasteiger partial charge in [-0.2, -0.15) is 0 Å². The van der Waals surface area contributed by atoms with Gasteiger partial charge >= 0.3 is 26.7 Å². The van der Waals surface area contributed by atoms with Gasteiger partial charge in [0.25, 0.3) is 0 Å². The molecule has 6 N–H and O–H groups in total. The Morgan fingerprint density at radius 3 is 1.33 bits per heavy atom. The van der Waals surface area contributed by atoms with Crippen LogP contribution in [0.3, 0.4) is 0 Å². The summed E-state index contributed by atoms with van der Waals surface area (Å²) in [6.07, 6.45) is -10.7. The zero-order valence-corrected chi connectivity index (χ0v) is 10.3. The fraction of sp³-hybridized carbons (Fsp3) is 1.00. The zero-order valence-electron chi connectivity index (χ0n) is 8.52. The van der Waals surface area contributed by atoms with Gasteiger partial charge in [-0.25, -0.2) is 0 Å². The lowest BCUT2D eigenvalue weighted by molar-refractivity contribution is -0.284. The fourth-order valence-electron chi connectivity index (χ4n) is 1.73. The highest BCUT2D eigenvalue weighted by Gasteiger charge is 2.77. The van der Waals surface area contributed by atoms with E-state index < -0.39 is 51.2 Å². The van der Waals surface area contributed by atoms with Crippen molar-refractivity contribution in [2.45, 2.75) is 35.1 Å². The first-order valence-corrected chi connectivity index (χ1v) is 6.83. The largest absolute Gasteiger partial charge is 0.593 e. The maximum Gasteiger partial charge on any atom is 0.350 e. The highest BCUT2D eigenvalue weighted by molar-refractivity contribution is 7.39. The van der Waals surface area contributed by atoms with E-state index in [0.717, 1.165) is 0 Å². The number of aliphatic hydroxyl groups excluding tert-OH is 4. The monoisotopic (exact) mass is 304 g/mol. The summed E-state index contributed by atoms with van der Waals surface area (Å²) >= 11 is 0.